The van der Waals surface area contributed by atoms with Crippen molar-refractivity contribution in [1.82, 2.24) is 9.97 Å². The van der Waals surface area contributed by atoms with Gasteiger partial charge in [-0.25, -0.2) is 13.8 Å². The highest BCUT2D eigenvalue weighted by Gasteiger charge is 2.16. The minimum absolute atomic E-state index is 0.181. The minimum Gasteiger partial charge on any atom is -0.254 e. The monoisotopic (exact) mass is 200 g/mol. The van der Waals surface area contributed by atoms with Crippen LogP contribution in [0.3, 0.4) is 0 Å². The van der Waals surface area contributed by atoms with Crippen LogP contribution in [-0.4, -0.2) is 9.97 Å². The van der Waals surface area contributed by atoms with Crippen molar-refractivity contribution in [3.8, 4) is 0 Å². The zero-order valence-corrected chi connectivity index (χ0v) is 8.64. The lowest BCUT2D eigenvalue weighted by atomic mass is 10.2. The van der Waals surface area contributed by atoms with Crippen molar-refractivity contribution >= 4 is 0 Å². The van der Waals surface area contributed by atoms with E-state index in [9.17, 15) is 8.78 Å². The molecule has 0 atom stereocenters. The Bertz CT molecular complexity index is 324. The third kappa shape index (κ3) is 2.05. The van der Waals surface area contributed by atoms with Crippen molar-refractivity contribution < 1.29 is 8.78 Å². The number of alkyl halides is 2. The fourth-order valence-electron chi connectivity index (χ4n) is 1.39. The number of rotatable bonds is 3. The van der Waals surface area contributed by atoms with Gasteiger partial charge >= 0.3 is 0 Å². The van der Waals surface area contributed by atoms with Gasteiger partial charge in [0.25, 0.3) is 6.43 Å². The molecule has 14 heavy (non-hydrogen) atoms. The molecule has 4 heteroatoms. The molecule has 1 heterocycles. The predicted octanol–water partition coefficient (Wildman–Crippen LogP) is 2.85. The van der Waals surface area contributed by atoms with Gasteiger partial charge in [-0.1, -0.05) is 13.8 Å². The average molecular weight is 200 g/mol. The molecule has 0 aliphatic heterocycles. The second kappa shape index (κ2) is 4.44. The molecule has 0 spiro atoms. The Morgan fingerprint density at radius 3 is 2.00 bits per heavy atom. The molecule has 0 amide bonds. The second-order valence-electron chi connectivity index (χ2n) is 3.10. The summed E-state index contributed by atoms with van der Waals surface area (Å²) in [6.45, 7) is 5.42. The summed E-state index contributed by atoms with van der Waals surface area (Å²) in [5, 5.41) is 0. The highest BCUT2D eigenvalue weighted by molar-refractivity contribution is 5.20. The first-order valence-electron chi connectivity index (χ1n) is 4.74. The summed E-state index contributed by atoms with van der Waals surface area (Å²) < 4.78 is 25.0. The number of aromatic nitrogens is 2. The van der Waals surface area contributed by atoms with Gasteiger partial charge in [0, 0.05) is 0 Å². The zero-order valence-electron chi connectivity index (χ0n) is 8.64. The molecule has 1 aromatic rings. The Morgan fingerprint density at radius 1 is 1.07 bits per heavy atom. The van der Waals surface area contributed by atoms with Crippen LogP contribution in [0.2, 0.25) is 0 Å². The van der Waals surface area contributed by atoms with Crippen LogP contribution in [-0.2, 0) is 12.8 Å². The molecule has 0 saturated carbocycles. The van der Waals surface area contributed by atoms with Gasteiger partial charge in [0.05, 0.1) is 17.1 Å². The topological polar surface area (TPSA) is 25.8 Å². The van der Waals surface area contributed by atoms with E-state index in [0.29, 0.717) is 17.8 Å². The van der Waals surface area contributed by atoms with E-state index in [1.54, 1.807) is 6.92 Å². The standard InChI is InChI=1S/C10H14F2N2/c1-4-7-8(5-2)14-9(10(11)12)6(3)13-7/h10H,4-5H2,1-3H3. The highest BCUT2D eigenvalue weighted by Crippen LogP contribution is 2.20. The fourth-order valence-corrected chi connectivity index (χ4v) is 1.39. The highest BCUT2D eigenvalue weighted by atomic mass is 19.3. The van der Waals surface area contributed by atoms with Crippen LogP contribution in [0.5, 0.6) is 0 Å². The summed E-state index contributed by atoms with van der Waals surface area (Å²) in [7, 11) is 0. The predicted molar refractivity (Wildman–Crippen MR) is 50.5 cm³/mol. The number of nitrogens with zero attached hydrogens (tertiary/aromatic N) is 2. The van der Waals surface area contributed by atoms with E-state index >= 15 is 0 Å². The van der Waals surface area contributed by atoms with Gasteiger partial charge in [-0.2, -0.15) is 0 Å². The van der Waals surface area contributed by atoms with Gasteiger partial charge in [-0.05, 0) is 19.8 Å². The lowest BCUT2D eigenvalue weighted by Crippen LogP contribution is -2.07. The first kappa shape index (κ1) is 11.0. The second-order valence-corrected chi connectivity index (χ2v) is 3.10. The smallest absolute Gasteiger partial charge is 0.254 e. The molecule has 0 radical (unpaired) electrons. The molecular formula is C10H14F2N2. The van der Waals surface area contributed by atoms with E-state index in [4.69, 9.17) is 0 Å². The molecule has 0 bridgehead atoms. The molecule has 0 aliphatic rings. The molecule has 1 aromatic heterocycles. The van der Waals surface area contributed by atoms with Gasteiger partial charge in [-0.15, -0.1) is 0 Å². The van der Waals surface area contributed by atoms with Crippen LogP contribution in [0, 0.1) is 6.92 Å². The largest absolute Gasteiger partial charge is 0.282 e. The van der Waals surface area contributed by atoms with Crippen LogP contribution >= 0.6 is 0 Å². The fraction of sp³-hybridized carbons (Fsp3) is 0.600. The van der Waals surface area contributed by atoms with Gasteiger partial charge in [0.1, 0.15) is 5.69 Å². The van der Waals surface area contributed by atoms with E-state index in [0.717, 1.165) is 12.1 Å². The van der Waals surface area contributed by atoms with Crippen molar-refractivity contribution in [3.05, 3.63) is 22.8 Å². The van der Waals surface area contributed by atoms with Crippen LogP contribution in [0.25, 0.3) is 0 Å². The van der Waals surface area contributed by atoms with Gasteiger partial charge in [0.2, 0.25) is 0 Å². The zero-order chi connectivity index (χ0) is 10.7. The summed E-state index contributed by atoms with van der Waals surface area (Å²) in [4.78, 5) is 8.09. The van der Waals surface area contributed by atoms with Crippen molar-refractivity contribution in [3.63, 3.8) is 0 Å². The Hall–Kier alpha value is -1.06. The summed E-state index contributed by atoms with van der Waals surface area (Å²) in [6, 6.07) is 0. The molecule has 0 saturated heterocycles. The Balaban J connectivity index is 3.23. The summed E-state index contributed by atoms with van der Waals surface area (Å²) in [6.07, 6.45) is -1.14. The van der Waals surface area contributed by atoms with Crippen LogP contribution < -0.4 is 0 Å². The quantitative estimate of drug-likeness (QED) is 0.749. The van der Waals surface area contributed by atoms with Crippen molar-refractivity contribution in [2.75, 3.05) is 0 Å². The maximum absolute atomic E-state index is 12.5. The van der Waals surface area contributed by atoms with Crippen LogP contribution in [0.4, 0.5) is 8.78 Å². The Morgan fingerprint density at radius 2 is 1.57 bits per heavy atom. The maximum Gasteiger partial charge on any atom is 0.282 e. The normalized spacial score (nSPS) is 11.0. The molecule has 0 aromatic carbocycles. The van der Waals surface area contributed by atoms with Crippen LogP contribution in [0.1, 0.15) is 43.0 Å². The van der Waals surface area contributed by atoms with Gasteiger partial charge in [0.15, 0.2) is 0 Å². The number of halogens is 2. The number of hydrogen-bond acceptors (Lipinski definition) is 2. The van der Waals surface area contributed by atoms with E-state index in [1.165, 1.54) is 0 Å². The lowest BCUT2D eigenvalue weighted by Gasteiger charge is -2.09. The Labute approximate surface area is 82.4 Å². The summed E-state index contributed by atoms with van der Waals surface area (Å²) in [5.41, 5.74) is 1.68. The third-order valence-corrected chi connectivity index (χ3v) is 2.14. The first-order valence-corrected chi connectivity index (χ1v) is 4.74. The van der Waals surface area contributed by atoms with Crippen molar-refractivity contribution in [2.24, 2.45) is 0 Å². The molecule has 0 fully saturated rings. The van der Waals surface area contributed by atoms with Gasteiger partial charge in [-0.3, -0.25) is 4.98 Å². The summed E-state index contributed by atoms with van der Waals surface area (Å²) >= 11 is 0. The molecule has 1 rings (SSSR count). The molecule has 0 aliphatic carbocycles. The molecule has 78 valence electrons. The maximum atomic E-state index is 12.5. The van der Waals surface area contributed by atoms with E-state index in [-0.39, 0.29) is 5.69 Å². The van der Waals surface area contributed by atoms with E-state index < -0.39 is 6.43 Å². The van der Waals surface area contributed by atoms with Crippen molar-refractivity contribution in [1.29, 1.82) is 0 Å². The average Bonchev–Trinajstić information content (AvgIpc) is 2.16. The van der Waals surface area contributed by atoms with Crippen LogP contribution in [0.15, 0.2) is 0 Å². The molecule has 2 nitrogen and oxygen atoms in total. The number of aryl methyl sites for hydroxylation is 3. The van der Waals surface area contributed by atoms with Gasteiger partial charge < -0.3 is 0 Å². The number of hydrogen-bond donors (Lipinski definition) is 0. The Kier molecular flexibility index (Phi) is 3.49. The van der Waals surface area contributed by atoms with Crippen molar-refractivity contribution in [2.45, 2.75) is 40.0 Å². The SMILES string of the molecule is CCc1nc(C)c(C(F)F)nc1CC. The minimum atomic E-state index is -2.53. The molecule has 0 unspecified atom stereocenters. The molecule has 0 N–H and O–H groups in total. The first-order chi connectivity index (χ1) is 6.60. The third-order valence-electron chi connectivity index (χ3n) is 2.14. The lowest BCUT2D eigenvalue weighted by molar-refractivity contribution is 0.144. The molecular weight excluding hydrogens is 186 g/mol. The van der Waals surface area contributed by atoms with E-state index in [2.05, 4.69) is 9.97 Å². The summed E-state index contributed by atoms with van der Waals surface area (Å²) in [5.74, 6) is 0. The van der Waals surface area contributed by atoms with E-state index in [1.807, 2.05) is 13.8 Å².